The van der Waals surface area contributed by atoms with Gasteiger partial charge in [-0.15, -0.1) is 10.2 Å². The Kier molecular flexibility index (Phi) is 5.14. The number of nitrogens with zero attached hydrogens (tertiary/aromatic N) is 3. The van der Waals surface area contributed by atoms with Crippen molar-refractivity contribution >= 4 is 17.5 Å². The van der Waals surface area contributed by atoms with Crippen LogP contribution in [0.3, 0.4) is 0 Å². The predicted octanol–water partition coefficient (Wildman–Crippen LogP) is 0.975. The maximum Gasteiger partial charge on any atom is 0.274 e. The van der Waals surface area contributed by atoms with Gasteiger partial charge in [-0.3, -0.25) is 4.79 Å². The monoisotopic (exact) mass is 243 g/mol. The SMILES string of the molecule is CCCN(CCO)C(=O)c1ccc(Cl)nn1. The Balaban J connectivity index is 2.77. The molecule has 0 spiro atoms. The molecule has 0 bridgehead atoms. The Morgan fingerprint density at radius 2 is 2.19 bits per heavy atom. The first-order valence-electron chi connectivity index (χ1n) is 5.08. The summed E-state index contributed by atoms with van der Waals surface area (Å²) >= 11 is 5.58. The van der Waals surface area contributed by atoms with Gasteiger partial charge in [0.25, 0.3) is 5.91 Å². The van der Waals surface area contributed by atoms with Crippen molar-refractivity contribution in [2.75, 3.05) is 19.7 Å². The highest BCUT2D eigenvalue weighted by Gasteiger charge is 2.15. The fraction of sp³-hybridized carbons (Fsp3) is 0.500. The van der Waals surface area contributed by atoms with Gasteiger partial charge in [0, 0.05) is 13.1 Å². The molecule has 6 heteroatoms. The predicted molar refractivity (Wildman–Crippen MR) is 60.3 cm³/mol. The number of aliphatic hydroxyl groups excluding tert-OH is 1. The van der Waals surface area contributed by atoms with Crippen LogP contribution in [0, 0.1) is 0 Å². The van der Waals surface area contributed by atoms with E-state index in [1.165, 1.54) is 17.0 Å². The first kappa shape index (κ1) is 12.9. The van der Waals surface area contributed by atoms with Gasteiger partial charge in [-0.05, 0) is 18.6 Å². The van der Waals surface area contributed by atoms with Crippen molar-refractivity contribution < 1.29 is 9.90 Å². The summed E-state index contributed by atoms with van der Waals surface area (Å²) in [5, 5.41) is 16.4. The summed E-state index contributed by atoms with van der Waals surface area (Å²) in [6.45, 7) is 2.79. The van der Waals surface area contributed by atoms with E-state index >= 15 is 0 Å². The lowest BCUT2D eigenvalue weighted by atomic mass is 10.3. The molecule has 0 aliphatic heterocycles. The van der Waals surface area contributed by atoms with Crippen molar-refractivity contribution in [3.63, 3.8) is 0 Å². The third-order valence-electron chi connectivity index (χ3n) is 2.00. The molecule has 0 unspecified atom stereocenters. The fourth-order valence-electron chi connectivity index (χ4n) is 1.30. The minimum atomic E-state index is -0.236. The first-order chi connectivity index (χ1) is 7.69. The standard InChI is InChI=1S/C10H14ClN3O2/c1-2-5-14(6-7-15)10(16)8-3-4-9(11)13-12-8/h3-4,15H,2,5-7H2,1H3. The third-order valence-corrected chi connectivity index (χ3v) is 2.20. The van der Waals surface area contributed by atoms with E-state index in [1.807, 2.05) is 6.92 Å². The van der Waals surface area contributed by atoms with E-state index in [9.17, 15) is 4.79 Å². The summed E-state index contributed by atoms with van der Waals surface area (Å²) in [5.41, 5.74) is 0.242. The fourth-order valence-corrected chi connectivity index (χ4v) is 1.40. The quantitative estimate of drug-likeness (QED) is 0.837. The second kappa shape index (κ2) is 6.40. The van der Waals surface area contributed by atoms with Crippen LogP contribution in [0.2, 0.25) is 5.15 Å². The van der Waals surface area contributed by atoms with Crippen LogP contribution < -0.4 is 0 Å². The third kappa shape index (κ3) is 3.43. The van der Waals surface area contributed by atoms with Crippen molar-refractivity contribution in [2.45, 2.75) is 13.3 Å². The highest BCUT2D eigenvalue weighted by molar-refractivity contribution is 6.29. The van der Waals surface area contributed by atoms with Crippen LogP contribution in [-0.4, -0.2) is 45.8 Å². The minimum Gasteiger partial charge on any atom is -0.395 e. The van der Waals surface area contributed by atoms with Gasteiger partial charge in [0.05, 0.1) is 6.61 Å². The smallest absolute Gasteiger partial charge is 0.274 e. The zero-order valence-corrected chi connectivity index (χ0v) is 9.81. The van der Waals surface area contributed by atoms with Crippen LogP contribution in [0.1, 0.15) is 23.8 Å². The van der Waals surface area contributed by atoms with Crippen molar-refractivity contribution in [2.24, 2.45) is 0 Å². The Morgan fingerprint density at radius 3 is 2.69 bits per heavy atom. The normalized spacial score (nSPS) is 10.2. The zero-order valence-electron chi connectivity index (χ0n) is 9.06. The van der Waals surface area contributed by atoms with Gasteiger partial charge in [-0.25, -0.2) is 0 Å². The lowest BCUT2D eigenvalue weighted by Gasteiger charge is -2.20. The van der Waals surface area contributed by atoms with Gasteiger partial charge in [0.15, 0.2) is 10.8 Å². The zero-order chi connectivity index (χ0) is 12.0. The molecule has 1 aromatic heterocycles. The number of amides is 1. The Bertz CT molecular complexity index is 336. The van der Waals surface area contributed by atoms with Gasteiger partial charge < -0.3 is 10.0 Å². The molecule has 16 heavy (non-hydrogen) atoms. The molecule has 0 saturated heterocycles. The summed E-state index contributed by atoms with van der Waals surface area (Å²) in [6, 6.07) is 3.04. The lowest BCUT2D eigenvalue weighted by Crippen LogP contribution is -2.34. The van der Waals surface area contributed by atoms with Crippen molar-refractivity contribution in [1.29, 1.82) is 0 Å². The van der Waals surface area contributed by atoms with Crippen LogP contribution in [0.25, 0.3) is 0 Å². The number of hydrogen-bond donors (Lipinski definition) is 1. The number of rotatable bonds is 5. The van der Waals surface area contributed by atoms with Gasteiger partial charge in [0.2, 0.25) is 0 Å². The molecule has 0 radical (unpaired) electrons. The van der Waals surface area contributed by atoms with E-state index in [0.717, 1.165) is 6.42 Å². The minimum absolute atomic E-state index is 0.0627. The molecule has 0 atom stereocenters. The van der Waals surface area contributed by atoms with E-state index < -0.39 is 0 Å². The average Bonchev–Trinajstić information content (AvgIpc) is 2.29. The van der Waals surface area contributed by atoms with Crippen LogP contribution in [-0.2, 0) is 0 Å². The molecule has 0 aliphatic rings. The summed E-state index contributed by atoms with van der Waals surface area (Å²) in [4.78, 5) is 13.4. The number of carbonyl (C=O) groups excluding carboxylic acids is 1. The molecule has 1 heterocycles. The maximum atomic E-state index is 11.9. The first-order valence-corrected chi connectivity index (χ1v) is 5.46. The van der Waals surface area contributed by atoms with E-state index in [4.69, 9.17) is 16.7 Å². The highest BCUT2D eigenvalue weighted by Crippen LogP contribution is 2.05. The van der Waals surface area contributed by atoms with E-state index in [-0.39, 0.29) is 23.4 Å². The van der Waals surface area contributed by atoms with Crippen molar-refractivity contribution in [1.82, 2.24) is 15.1 Å². The molecule has 5 nitrogen and oxygen atoms in total. The topological polar surface area (TPSA) is 66.3 Å². The second-order valence-electron chi connectivity index (χ2n) is 3.26. The van der Waals surface area contributed by atoms with Crippen molar-refractivity contribution in [3.05, 3.63) is 23.0 Å². The molecule has 88 valence electrons. The highest BCUT2D eigenvalue weighted by atomic mass is 35.5. The number of aromatic nitrogens is 2. The average molecular weight is 244 g/mol. The number of hydrogen-bond acceptors (Lipinski definition) is 4. The van der Waals surface area contributed by atoms with Crippen molar-refractivity contribution in [3.8, 4) is 0 Å². The van der Waals surface area contributed by atoms with Gasteiger partial charge in [-0.1, -0.05) is 18.5 Å². The van der Waals surface area contributed by atoms with Gasteiger partial charge in [-0.2, -0.15) is 0 Å². The molecular formula is C10H14ClN3O2. The summed E-state index contributed by atoms with van der Waals surface area (Å²) in [6.07, 6.45) is 0.826. The van der Waals surface area contributed by atoms with E-state index in [0.29, 0.717) is 13.1 Å². The van der Waals surface area contributed by atoms with Crippen LogP contribution in [0.15, 0.2) is 12.1 Å². The van der Waals surface area contributed by atoms with E-state index in [2.05, 4.69) is 10.2 Å². The molecule has 0 fully saturated rings. The molecule has 1 amide bonds. The summed E-state index contributed by atoms with van der Waals surface area (Å²) < 4.78 is 0. The van der Waals surface area contributed by atoms with Crippen LogP contribution >= 0.6 is 11.6 Å². The van der Waals surface area contributed by atoms with Gasteiger partial charge >= 0.3 is 0 Å². The molecule has 0 aliphatic carbocycles. The molecule has 1 rings (SSSR count). The molecule has 1 aromatic rings. The molecule has 0 aromatic carbocycles. The second-order valence-corrected chi connectivity index (χ2v) is 3.64. The Labute approximate surface area is 99.0 Å². The number of aliphatic hydroxyl groups is 1. The Morgan fingerprint density at radius 1 is 1.44 bits per heavy atom. The lowest BCUT2D eigenvalue weighted by molar-refractivity contribution is 0.0715. The van der Waals surface area contributed by atoms with E-state index in [1.54, 1.807) is 0 Å². The molecule has 1 N–H and O–H groups in total. The maximum absolute atomic E-state index is 11.9. The largest absolute Gasteiger partial charge is 0.395 e. The number of carbonyl (C=O) groups is 1. The van der Waals surface area contributed by atoms with Crippen LogP contribution in [0.5, 0.6) is 0 Å². The molecule has 0 saturated carbocycles. The molecular weight excluding hydrogens is 230 g/mol. The van der Waals surface area contributed by atoms with Crippen LogP contribution in [0.4, 0.5) is 0 Å². The summed E-state index contributed by atoms with van der Waals surface area (Å²) in [5.74, 6) is -0.236. The van der Waals surface area contributed by atoms with Gasteiger partial charge in [0.1, 0.15) is 0 Å². The summed E-state index contributed by atoms with van der Waals surface area (Å²) in [7, 11) is 0. The Hall–Kier alpha value is -1.20. The number of halogens is 1.